The first-order chi connectivity index (χ1) is 13.0. The van der Waals surface area contributed by atoms with Crippen LogP contribution in [-0.4, -0.2) is 44.9 Å². The zero-order valence-electron chi connectivity index (χ0n) is 16.3. The van der Waals surface area contributed by atoms with E-state index < -0.39 is 0 Å². The molecule has 1 saturated heterocycles. The molecule has 0 unspecified atom stereocenters. The molecule has 0 aromatic heterocycles. The number of rotatable bonds is 6. The highest BCUT2D eigenvalue weighted by Crippen LogP contribution is 2.24. The van der Waals surface area contributed by atoms with Crippen LogP contribution in [0.4, 0.5) is 0 Å². The Kier molecular flexibility index (Phi) is 6.48. The van der Waals surface area contributed by atoms with E-state index in [1.165, 1.54) is 4.90 Å². The van der Waals surface area contributed by atoms with Crippen LogP contribution < -0.4 is 15.0 Å². The van der Waals surface area contributed by atoms with Crippen LogP contribution in [0.3, 0.4) is 0 Å². The van der Waals surface area contributed by atoms with E-state index in [1.54, 1.807) is 7.11 Å². The lowest BCUT2D eigenvalue weighted by atomic mass is 9.98. The molecule has 1 aliphatic heterocycles. The topological polar surface area (TPSA) is 52.0 Å². The van der Waals surface area contributed by atoms with Gasteiger partial charge in [-0.25, -0.2) is 0 Å². The van der Waals surface area contributed by atoms with E-state index >= 15 is 0 Å². The minimum Gasteiger partial charge on any atom is -0.497 e. The second kappa shape index (κ2) is 9.02. The number of carbonyl (C=O) groups excluding carboxylic acids is 1. The summed E-state index contributed by atoms with van der Waals surface area (Å²) >= 11 is 0. The Balaban J connectivity index is 1.74. The molecule has 0 aliphatic carbocycles. The molecule has 1 heterocycles. The first-order valence-electron chi connectivity index (χ1n) is 9.52. The van der Waals surface area contributed by atoms with E-state index in [0.29, 0.717) is 6.54 Å². The van der Waals surface area contributed by atoms with Crippen molar-refractivity contribution in [2.24, 2.45) is 0 Å². The summed E-state index contributed by atoms with van der Waals surface area (Å²) in [7, 11) is 1.65. The SMILES string of the molecule is COc1ccc([C@@H](NC(=O)C[NH+]2C[C@@H](C)O[C@H](C)C2)c2ccccc2)cc1. The first kappa shape index (κ1) is 19.4. The molecule has 2 N–H and O–H groups in total. The maximum Gasteiger partial charge on any atom is 0.275 e. The van der Waals surface area contributed by atoms with Crippen molar-refractivity contribution in [1.29, 1.82) is 0 Å². The number of ether oxygens (including phenoxy) is 2. The smallest absolute Gasteiger partial charge is 0.275 e. The number of carbonyl (C=O) groups is 1. The van der Waals surface area contributed by atoms with Gasteiger partial charge in [0.2, 0.25) is 0 Å². The van der Waals surface area contributed by atoms with Crippen molar-refractivity contribution in [2.45, 2.75) is 32.1 Å². The maximum atomic E-state index is 12.8. The third-order valence-corrected chi connectivity index (χ3v) is 4.91. The molecule has 3 atom stereocenters. The molecule has 0 radical (unpaired) electrons. The predicted molar refractivity (Wildman–Crippen MR) is 105 cm³/mol. The number of morpholine rings is 1. The normalized spacial score (nSPS) is 23.4. The number of hydrogen-bond acceptors (Lipinski definition) is 3. The molecule has 0 saturated carbocycles. The summed E-state index contributed by atoms with van der Waals surface area (Å²) in [5, 5.41) is 3.22. The lowest BCUT2D eigenvalue weighted by Crippen LogP contribution is -3.16. The van der Waals surface area contributed by atoms with Gasteiger partial charge in [0, 0.05) is 0 Å². The third-order valence-electron chi connectivity index (χ3n) is 4.91. The van der Waals surface area contributed by atoms with Gasteiger partial charge < -0.3 is 19.7 Å². The Labute approximate surface area is 161 Å². The zero-order valence-corrected chi connectivity index (χ0v) is 16.3. The summed E-state index contributed by atoms with van der Waals surface area (Å²) in [5.74, 6) is 0.855. The van der Waals surface area contributed by atoms with Crippen LogP contribution in [0, 0.1) is 0 Å². The van der Waals surface area contributed by atoms with Crippen LogP contribution in [0.5, 0.6) is 5.75 Å². The van der Waals surface area contributed by atoms with Crippen LogP contribution in [0.1, 0.15) is 31.0 Å². The number of amides is 1. The molecule has 2 aromatic carbocycles. The number of nitrogens with one attached hydrogen (secondary N) is 2. The van der Waals surface area contributed by atoms with Gasteiger partial charge in [0.05, 0.1) is 13.2 Å². The van der Waals surface area contributed by atoms with Gasteiger partial charge in [-0.3, -0.25) is 4.79 Å². The fourth-order valence-corrected chi connectivity index (χ4v) is 3.77. The minimum absolute atomic E-state index is 0.0518. The largest absolute Gasteiger partial charge is 0.497 e. The van der Waals surface area contributed by atoms with Gasteiger partial charge in [-0.2, -0.15) is 0 Å². The highest BCUT2D eigenvalue weighted by molar-refractivity contribution is 5.78. The summed E-state index contributed by atoms with van der Waals surface area (Å²) in [5.41, 5.74) is 2.10. The Hall–Kier alpha value is -2.37. The molecule has 27 heavy (non-hydrogen) atoms. The van der Waals surface area contributed by atoms with Crippen LogP contribution in [0.25, 0.3) is 0 Å². The quantitative estimate of drug-likeness (QED) is 0.813. The molecule has 0 bridgehead atoms. The van der Waals surface area contributed by atoms with E-state index in [-0.39, 0.29) is 24.2 Å². The van der Waals surface area contributed by atoms with Crippen molar-refractivity contribution in [3.05, 3.63) is 65.7 Å². The average molecular weight is 369 g/mol. The fraction of sp³-hybridized carbons (Fsp3) is 0.409. The predicted octanol–water partition coefficient (Wildman–Crippen LogP) is 1.59. The molecule has 5 nitrogen and oxygen atoms in total. The maximum absolute atomic E-state index is 12.8. The second-order valence-corrected chi connectivity index (χ2v) is 7.28. The molecule has 3 rings (SSSR count). The van der Waals surface area contributed by atoms with Crippen LogP contribution in [-0.2, 0) is 9.53 Å². The van der Waals surface area contributed by atoms with Crippen LogP contribution in [0.2, 0.25) is 0 Å². The average Bonchev–Trinajstić information content (AvgIpc) is 2.66. The van der Waals surface area contributed by atoms with Gasteiger partial charge in [0.1, 0.15) is 31.0 Å². The molecular weight excluding hydrogens is 340 g/mol. The molecule has 1 amide bonds. The van der Waals surface area contributed by atoms with E-state index in [9.17, 15) is 4.79 Å². The summed E-state index contributed by atoms with van der Waals surface area (Å²) in [4.78, 5) is 14.1. The monoisotopic (exact) mass is 369 g/mol. The van der Waals surface area contributed by atoms with E-state index in [4.69, 9.17) is 9.47 Å². The minimum atomic E-state index is -0.181. The van der Waals surface area contributed by atoms with Gasteiger partial charge in [0.15, 0.2) is 6.54 Å². The molecule has 144 valence electrons. The van der Waals surface area contributed by atoms with Crippen LogP contribution >= 0.6 is 0 Å². The highest BCUT2D eigenvalue weighted by Gasteiger charge is 2.28. The third kappa shape index (κ3) is 5.31. The molecule has 0 spiro atoms. The Morgan fingerprint density at radius 2 is 1.67 bits per heavy atom. The number of quaternary nitrogens is 1. The van der Waals surface area contributed by atoms with Crippen LogP contribution in [0.15, 0.2) is 54.6 Å². The second-order valence-electron chi connectivity index (χ2n) is 7.28. The van der Waals surface area contributed by atoms with Gasteiger partial charge in [-0.1, -0.05) is 42.5 Å². The first-order valence-corrected chi connectivity index (χ1v) is 9.52. The van der Waals surface area contributed by atoms with Crippen molar-refractivity contribution in [2.75, 3.05) is 26.7 Å². The summed E-state index contributed by atoms with van der Waals surface area (Å²) in [6.45, 7) is 6.31. The summed E-state index contributed by atoms with van der Waals surface area (Å²) in [6.07, 6.45) is 0.367. The lowest BCUT2D eigenvalue weighted by molar-refractivity contribution is -0.907. The standard InChI is InChI=1S/C22H28N2O3/c1-16-13-24(14-17(2)27-16)15-21(25)23-22(18-7-5-4-6-8-18)19-9-11-20(26-3)12-10-19/h4-12,16-17,22H,13-15H2,1-3H3,(H,23,25)/p+1/t16-,17-,22+/m1/s1. The van der Waals surface area contributed by atoms with Crippen molar-refractivity contribution < 1.29 is 19.2 Å². The summed E-state index contributed by atoms with van der Waals surface area (Å²) in [6, 6.07) is 17.7. The molecule has 1 aliphatic rings. The number of hydrogen-bond donors (Lipinski definition) is 2. The van der Waals surface area contributed by atoms with Gasteiger partial charge >= 0.3 is 0 Å². The zero-order chi connectivity index (χ0) is 19.2. The van der Waals surface area contributed by atoms with Gasteiger partial charge in [0.25, 0.3) is 5.91 Å². The molecule has 1 fully saturated rings. The van der Waals surface area contributed by atoms with E-state index in [2.05, 4.69) is 19.2 Å². The molecule has 5 heteroatoms. The Bertz CT molecular complexity index is 723. The molecule has 2 aromatic rings. The Morgan fingerprint density at radius 3 is 2.26 bits per heavy atom. The van der Waals surface area contributed by atoms with E-state index in [1.807, 2.05) is 54.6 Å². The lowest BCUT2D eigenvalue weighted by Gasteiger charge is -2.32. The number of benzene rings is 2. The van der Waals surface area contributed by atoms with E-state index in [0.717, 1.165) is 30.0 Å². The van der Waals surface area contributed by atoms with Crippen molar-refractivity contribution >= 4 is 5.91 Å². The van der Waals surface area contributed by atoms with Gasteiger partial charge in [-0.15, -0.1) is 0 Å². The molecular formula is C22H29N2O3+. The fourth-order valence-electron chi connectivity index (χ4n) is 3.77. The highest BCUT2D eigenvalue weighted by atomic mass is 16.5. The Morgan fingerprint density at radius 1 is 1.07 bits per heavy atom. The van der Waals surface area contributed by atoms with Crippen molar-refractivity contribution in [3.8, 4) is 5.75 Å². The number of methoxy groups -OCH3 is 1. The van der Waals surface area contributed by atoms with Crippen molar-refractivity contribution in [1.82, 2.24) is 5.32 Å². The van der Waals surface area contributed by atoms with Crippen molar-refractivity contribution in [3.63, 3.8) is 0 Å². The van der Waals surface area contributed by atoms with Gasteiger partial charge in [-0.05, 0) is 37.1 Å². The summed E-state index contributed by atoms with van der Waals surface area (Å²) < 4.78 is 11.0.